The zero-order valence-electron chi connectivity index (χ0n) is 31.7. The number of hydrogen-bond donors (Lipinski definition) is 1. The maximum absolute atomic E-state index is 12.6. The van der Waals surface area contributed by atoms with Crippen molar-refractivity contribution in [3.8, 4) is 0 Å². The Morgan fingerprint density at radius 1 is 0.625 bits per heavy atom. The topological polar surface area (TPSA) is 108 Å². The number of likely N-dealkylation sites (N-methyl/N-ethyl adjacent to an activating group) is 1. The molecular formula is C38H75NO8P+. The highest BCUT2D eigenvalue weighted by Gasteiger charge is 2.27. The van der Waals surface area contributed by atoms with Crippen molar-refractivity contribution < 1.29 is 42.1 Å². The van der Waals surface area contributed by atoms with E-state index in [9.17, 15) is 19.0 Å². The van der Waals surface area contributed by atoms with Crippen LogP contribution in [0.15, 0.2) is 12.2 Å². The zero-order chi connectivity index (χ0) is 35.8. The quantitative estimate of drug-likeness (QED) is 0.0228. The molecule has 0 heterocycles. The molecular weight excluding hydrogens is 629 g/mol. The average Bonchev–Trinajstić information content (AvgIpc) is 3.02. The molecule has 0 spiro atoms. The minimum absolute atomic E-state index is 0.0337. The summed E-state index contributed by atoms with van der Waals surface area (Å²) in [5, 5.41) is 0. The number of unbranched alkanes of at least 4 members (excludes halogenated alkanes) is 19. The first-order valence-corrected chi connectivity index (χ1v) is 20.9. The van der Waals surface area contributed by atoms with Gasteiger partial charge in [-0.1, -0.05) is 129 Å². The van der Waals surface area contributed by atoms with Gasteiger partial charge in [-0.2, -0.15) is 0 Å². The van der Waals surface area contributed by atoms with Crippen molar-refractivity contribution in [1.82, 2.24) is 0 Å². The number of nitrogens with zero attached hydrogens (tertiary/aromatic N) is 1. The van der Waals surface area contributed by atoms with E-state index in [1.54, 1.807) is 0 Å². The molecule has 48 heavy (non-hydrogen) atoms. The molecule has 10 heteroatoms. The van der Waals surface area contributed by atoms with Crippen LogP contribution >= 0.6 is 7.82 Å². The lowest BCUT2D eigenvalue weighted by atomic mass is 10.1. The van der Waals surface area contributed by atoms with E-state index in [1.807, 2.05) is 21.1 Å². The molecule has 1 N–H and O–H groups in total. The molecule has 9 nitrogen and oxygen atoms in total. The van der Waals surface area contributed by atoms with Crippen molar-refractivity contribution in [2.24, 2.45) is 0 Å². The van der Waals surface area contributed by atoms with Gasteiger partial charge in [-0.25, -0.2) is 4.57 Å². The van der Waals surface area contributed by atoms with Gasteiger partial charge in [0, 0.05) is 12.8 Å². The van der Waals surface area contributed by atoms with Crippen molar-refractivity contribution >= 4 is 19.8 Å². The fourth-order valence-corrected chi connectivity index (χ4v) is 5.93. The first-order chi connectivity index (χ1) is 23.0. The number of ether oxygens (including phenoxy) is 2. The van der Waals surface area contributed by atoms with Crippen LogP contribution < -0.4 is 0 Å². The molecule has 0 aliphatic heterocycles. The monoisotopic (exact) mass is 705 g/mol. The third-order valence-electron chi connectivity index (χ3n) is 8.30. The maximum atomic E-state index is 12.6. The van der Waals surface area contributed by atoms with Gasteiger partial charge in [0.15, 0.2) is 6.10 Å². The number of phosphoric ester groups is 1. The molecule has 0 aromatic heterocycles. The normalized spacial score (nSPS) is 13.9. The van der Waals surface area contributed by atoms with Gasteiger partial charge in [-0.05, 0) is 38.5 Å². The Kier molecular flexibility index (Phi) is 30.9. The van der Waals surface area contributed by atoms with E-state index in [4.69, 9.17) is 18.5 Å². The number of hydrogen-bond acceptors (Lipinski definition) is 7. The lowest BCUT2D eigenvalue weighted by molar-refractivity contribution is -0.870. The van der Waals surface area contributed by atoms with Crippen LogP contribution in [0.5, 0.6) is 0 Å². The van der Waals surface area contributed by atoms with E-state index in [0.717, 1.165) is 32.1 Å². The molecule has 0 saturated carbocycles. The summed E-state index contributed by atoms with van der Waals surface area (Å²) in [5.41, 5.74) is 0. The molecule has 0 radical (unpaired) electrons. The van der Waals surface area contributed by atoms with Crippen molar-refractivity contribution in [3.05, 3.63) is 12.2 Å². The highest BCUT2D eigenvalue weighted by atomic mass is 31.2. The lowest BCUT2D eigenvalue weighted by Gasteiger charge is -2.24. The summed E-state index contributed by atoms with van der Waals surface area (Å²) in [4.78, 5) is 35.1. The second kappa shape index (κ2) is 31.7. The van der Waals surface area contributed by atoms with Crippen molar-refractivity contribution in [2.45, 2.75) is 174 Å². The third-order valence-corrected chi connectivity index (χ3v) is 9.28. The predicted octanol–water partition coefficient (Wildman–Crippen LogP) is 10.2. The van der Waals surface area contributed by atoms with Gasteiger partial charge < -0.3 is 18.9 Å². The van der Waals surface area contributed by atoms with Gasteiger partial charge in [0.1, 0.15) is 19.8 Å². The number of carbonyl (C=O) groups excluding carboxylic acids is 2. The minimum Gasteiger partial charge on any atom is -0.462 e. The van der Waals surface area contributed by atoms with Crippen LogP contribution in [-0.2, 0) is 32.7 Å². The largest absolute Gasteiger partial charge is 0.472 e. The highest BCUT2D eigenvalue weighted by Crippen LogP contribution is 2.43. The number of rotatable bonds is 35. The Labute approximate surface area is 295 Å². The first kappa shape index (κ1) is 46.8. The minimum atomic E-state index is -4.36. The second-order valence-electron chi connectivity index (χ2n) is 14.3. The van der Waals surface area contributed by atoms with E-state index in [2.05, 4.69) is 26.0 Å². The fraction of sp³-hybridized carbons (Fsp3) is 0.895. The van der Waals surface area contributed by atoms with Crippen LogP contribution in [0.1, 0.15) is 168 Å². The van der Waals surface area contributed by atoms with Crippen molar-refractivity contribution in [1.29, 1.82) is 0 Å². The molecule has 0 bridgehead atoms. The second-order valence-corrected chi connectivity index (χ2v) is 15.8. The van der Waals surface area contributed by atoms with Crippen LogP contribution in [0.2, 0.25) is 0 Å². The number of carbonyl (C=O) groups is 2. The molecule has 1 unspecified atom stereocenters. The average molecular weight is 705 g/mol. The summed E-state index contributed by atoms with van der Waals surface area (Å²) >= 11 is 0. The van der Waals surface area contributed by atoms with E-state index in [0.29, 0.717) is 17.4 Å². The van der Waals surface area contributed by atoms with Gasteiger partial charge in [0.2, 0.25) is 0 Å². The summed E-state index contributed by atoms with van der Waals surface area (Å²) in [6, 6.07) is 0. The van der Waals surface area contributed by atoms with Crippen LogP contribution in [-0.4, -0.2) is 74.9 Å². The van der Waals surface area contributed by atoms with E-state index >= 15 is 0 Å². The van der Waals surface area contributed by atoms with Crippen LogP contribution in [0.25, 0.3) is 0 Å². The molecule has 0 amide bonds. The molecule has 0 aliphatic rings. The molecule has 0 rings (SSSR count). The number of allylic oxidation sites excluding steroid dienone is 2. The van der Waals surface area contributed by atoms with Gasteiger partial charge in [0.05, 0.1) is 27.7 Å². The molecule has 0 aliphatic carbocycles. The predicted molar refractivity (Wildman–Crippen MR) is 197 cm³/mol. The Morgan fingerprint density at radius 2 is 1.06 bits per heavy atom. The molecule has 0 saturated heterocycles. The number of phosphoric acid groups is 1. The summed E-state index contributed by atoms with van der Waals surface area (Å²) in [6.45, 7) is 4.38. The first-order valence-electron chi connectivity index (χ1n) is 19.4. The molecule has 284 valence electrons. The highest BCUT2D eigenvalue weighted by molar-refractivity contribution is 7.47. The Morgan fingerprint density at radius 3 is 1.56 bits per heavy atom. The summed E-state index contributed by atoms with van der Waals surface area (Å²) in [5.74, 6) is -0.803. The van der Waals surface area contributed by atoms with Gasteiger partial charge >= 0.3 is 19.8 Å². The Bertz CT molecular complexity index is 845. The summed E-state index contributed by atoms with van der Waals surface area (Å²) in [7, 11) is 1.48. The van der Waals surface area contributed by atoms with Crippen LogP contribution in [0, 0.1) is 0 Å². The SMILES string of the molecule is CCCCCC/C=C/CCCCCCCCCC(=O)OC[C@@H](COP(=O)(O)OCC[N+](C)(C)C)OC(=O)CCCCCCCCCCC. The van der Waals surface area contributed by atoms with Crippen LogP contribution in [0.4, 0.5) is 0 Å². The van der Waals surface area contributed by atoms with Crippen LogP contribution in [0.3, 0.4) is 0 Å². The third kappa shape index (κ3) is 34.6. The molecule has 2 atom stereocenters. The van der Waals surface area contributed by atoms with Gasteiger partial charge in [0.25, 0.3) is 0 Å². The number of esters is 2. The lowest BCUT2D eigenvalue weighted by Crippen LogP contribution is -2.37. The Hall–Kier alpha value is -1.25. The molecule has 0 fully saturated rings. The standard InChI is InChI=1S/C38H74NO8P/c1-6-8-10-12-14-16-17-18-19-20-21-23-24-26-28-30-37(40)44-34-36(35-46-48(42,43)45-33-32-39(3,4)5)47-38(41)31-29-27-25-22-15-13-11-9-7-2/h16-17,36H,6-15,18-35H2,1-5H3/p+1/b17-16+/t36-/m0/s1. The maximum Gasteiger partial charge on any atom is 0.472 e. The van der Waals surface area contributed by atoms with Crippen molar-refractivity contribution in [2.75, 3.05) is 47.5 Å². The Balaban J connectivity index is 4.37. The van der Waals surface area contributed by atoms with E-state index < -0.39 is 26.5 Å². The molecule has 0 aromatic rings. The van der Waals surface area contributed by atoms with Gasteiger partial charge in [-0.3, -0.25) is 18.6 Å². The van der Waals surface area contributed by atoms with Gasteiger partial charge in [-0.15, -0.1) is 0 Å². The zero-order valence-corrected chi connectivity index (χ0v) is 32.6. The summed E-state index contributed by atoms with van der Waals surface area (Å²) < 4.78 is 34.1. The summed E-state index contributed by atoms with van der Waals surface area (Å²) in [6.07, 6.45) is 29.7. The number of quaternary nitrogens is 1. The fourth-order valence-electron chi connectivity index (χ4n) is 5.18. The van der Waals surface area contributed by atoms with E-state index in [-0.39, 0.29) is 32.0 Å². The smallest absolute Gasteiger partial charge is 0.462 e. The van der Waals surface area contributed by atoms with Crippen molar-refractivity contribution in [3.63, 3.8) is 0 Å². The van der Waals surface area contributed by atoms with E-state index in [1.165, 1.54) is 103 Å². The molecule has 0 aromatic carbocycles.